The van der Waals surface area contributed by atoms with E-state index >= 15 is 0 Å². The molecule has 144 valence electrons. The maximum absolute atomic E-state index is 12.1. The van der Waals surface area contributed by atoms with Gasteiger partial charge in [-0.05, 0) is 25.1 Å². The summed E-state index contributed by atoms with van der Waals surface area (Å²) in [6, 6.07) is 11.1. The fourth-order valence-electron chi connectivity index (χ4n) is 2.16. The quantitative estimate of drug-likeness (QED) is 0.334. The second-order valence-electron chi connectivity index (χ2n) is 5.53. The number of hydrogen-bond donors (Lipinski definition) is 1. The van der Waals surface area contributed by atoms with Gasteiger partial charge in [0.2, 0.25) is 0 Å². The second-order valence-corrected chi connectivity index (χ2v) is 5.53. The van der Waals surface area contributed by atoms with Crippen molar-refractivity contribution in [2.24, 2.45) is 0 Å². The number of esters is 1. The van der Waals surface area contributed by atoms with Gasteiger partial charge in [-0.2, -0.15) is 0 Å². The van der Waals surface area contributed by atoms with Crippen LogP contribution in [0.2, 0.25) is 0 Å². The van der Waals surface area contributed by atoms with E-state index in [1.807, 2.05) is 0 Å². The van der Waals surface area contributed by atoms with E-state index < -0.39 is 27.8 Å². The first-order valence-electron chi connectivity index (χ1n) is 7.95. The van der Waals surface area contributed by atoms with Crippen LogP contribution in [0.1, 0.15) is 12.5 Å². The van der Waals surface area contributed by atoms with Crippen molar-refractivity contribution in [1.29, 1.82) is 0 Å². The molecule has 0 spiro atoms. The number of ether oxygens (including phenoxy) is 1. The lowest BCUT2D eigenvalue weighted by atomic mass is 10.1. The van der Waals surface area contributed by atoms with E-state index in [-0.39, 0.29) is 22.6 Å². The standard InChI is InChI=1S/C18H15N3O7/c1-12(18(23)19-14-6-4-7-15(11-14)20(24)25)28-17(22)10-9-13-5-2-3-8-16(13)21(26)27/h2-12H,1H3,(H,19,23)/b10-9+/t12-/m0/s1. The normalized spacial score (nSPS) is 11.6. The van der Waals surface area contributed by atoms with Crippen LogP contribution in [0.5, 0.6) is 0 Å². The molecule has 1 amide bonds. The van der Waals surface area contributed by atoms with Gasteiger partial charge in [-0.25, -0.2) is 4.79 Å². The molecule has 0 saturated heterocycles. The Labute approximate surface area is 158 Å². The van der Waals surface area contributed by atoms with E-state index in [0.29, 0.717) is 0 Å². The monoisotopic (exact) mass is 385 g/mol. The lowest BCUT2D eigenvalue weighted by Crippen LogP contribution is -2.29. The van der Waals surface area contributed by atoms with Gasteiger partial charge >= 0.3 is 5.97 Å². The molecule has 0 radical (unpaired) electrons. The zero-order valence-corrected chi connectivity index (χ0v) is 14.6. The second kappa shape index (κ2) is 9.03. The summed E-state index contributed by atoms with van der Waals surface area (Å²) < 4.78 is 4.94. The highest BCUT2D eigenvalue weighted by atomic mass is 16.6. The summed E-state index contributed by atoms with van der Waals surface area (Å²) in [5.41, 5.74) is 0.00792. The third-order valence-corrected chi connectivity index (χ3v) is 3.52. The van der Waals surface area contributed by atoms with Crippen molar-refractivity contribution >= 4 is 35.0 Å². The molecule has 0 heterocycles. The van der Waals surface area contributed by atoms with Gasteiger partial charge in [-0.3, -0.25) is 25.0 Å². The zero-order valence-electron chi connectivity index (χ0n) is 14.6. The van der Waals surface area contributed by atoms with Gasteiger partial charge in [-0.15, -0.1) is 0 Å². The van der Waals surface area contributed by atoms with E-state index in [9.17, 15) is 29.8 Å². The Morgan fingerprint density at radius 2 is 1.79 bits per heavy atom. The molecule has 0 unspecified atom stereocenters. The van der Waals surface area contributed by atoms with Crippen molar-refractivity contribution < 1.29 is 24.2 Å². The van der Waals surface area contributed by atoms with Gasteiger partial charge in [0.15, 0.2) is 6.10 Å². The van der Waals surface area contributed by atoms with Gasteiger partial charge in [0.05, 0.1) is 15.4 Å². The first kappa shape index (κ1) is 20.2. The predicted molar refractivity (Wildman–Crippen MR) is 99.4 cm³/mol. The molecule has 1 N–H and O–H groups in total. The summed E-state index contributed by atoms with van der Waals surface area (Å²) >= 11 is 0. The van der Waals surface area contributed by atoms with Crippen LogP contribution in [0, 0.1) is 20.2 Å². The van der Waals surface area contributed by atoms with Gasteiger partial charge < -0.3 is 10.1 Å². The third kappa shape index (κ3) is 5.46. The molecule has 0 saturated carbocycles. The van der Waals surface area contributed by atoms with Crippen LogP contribution < -0.4 is 5.32 Å². The molecule has 2 rings (SSSR count). The van der Waals surface area contributed by atoms with E-state index in [4.69, 9.17) is 4.74 Å². The van der Waals surface area contributed by atoms with Crippen LogP contribution in [0.3, 0.4) is 0 Å². The number of hydrogen-bond acceptors (Lipinski definition) is 7. The van der Waals surface area contributed by atoms with E-state index in [0.717, 1.165) is 6.08 Å². The molecule has 0 bridgehead atoms. The number of para-hydroxylation sites is 1. The number of nitro groups is 2. The lowest BCUT2D eigenvalue weighted by Gasteiger charge is -2.12. The van der Waals surface area contributed by atoms with Gasteiger partial charge in [0.25, 0.3) is 17.3 Å². The molecule has 10 nitrogen and oxygen atoms in total. The molecule has 0 fully saturated rings. The molecular formula is C18H15N3O7. The molecule has 2 aromatic rings. The molecule has 28 heavy (non-hydrogen) atoms. The van der Waals surface area contributed by atoms with Crippen molar-refractivity contribution in [3.8, 4) is 0 Å². The van der Waals surface area contributed by atoms with Crippen molar-refractivity contribution in [2.75, 3.05) is 5.32 Å². The number of nitrogens with one attached hydrogen (secondary N) is 1. The van der Waals surface area contributed by atoms with Crippen molar-refractivity contribution in [2.45, 2.75) is 13.0 Å². The predicted octanol–water partition coefficient (Wildman–Crippen LogP) is 3.09. The molecule has 0 aliphatic carbocycles. The average Bonchev–Trinajstić information content (AvgIpc) is 2.66. The van der Waals surface area contributed by atoms with Crippen molar-refractivity contribution in [3.63, 3.8) is 0 Å². The van der Waals surface area contributed by atoms with Gasteiger partial charge in [0, 0.05) is 30.0 Å². The summed E-state index contributed by atoms with van der Waals surface area (Å²) in [6.07, 6.45) is 0.993. The number of rotatable bonds is 7. The van der Waals surface area contributed by atoms with Gasteiger partial charge in [0.1, 0.15) is 0 Å². The minimum atomic E-state index is -1.19. The molecule has 2 aromatic carbocycles. The Balaban J connectivity index is 1.98. The summed E-state index contributed by atoms with van der Waals surface area (Å²) in [5.74, 6) is -1.56. The highest BCUT2D eigenvalue weighted by Gasteiger charge is 2.18. The number of anilines is 1. The summed E-state index contributed by atoms with van der Waals surface area (Å²) in [6.45, 7) is 1.32. The fourth-order valence-corrected chi connectivity index (χ4v) is 2.16. The Kier molecular flexibility index (Phi) is 6.53. The SMILES string of the molecule is C[C@H](OC(=O)/C=C/c1ccccc1[N+](=O)[O-])C(=O)Nc1cccc([N+](=O)[O-])c1. The number of carbonyl (C=O) groups is 2. The first-order valence-corrected chi connectivity index (χ1v) is 7.95. The number of amides is 1. The van der Waals surface area contributed by atoms with Gasteiger partial charge in [-0.1, -0.05) is 18.2 Å². The van der Waals surface area contributed by atoms with E-state index in [1.54, 1.807) is 6.07 Å². The number of non-ortho nitro benzene ring substituents is 1. The molecule has 0 aromatic heterocycles. The fraction of sp³-hybridized carbons (Fsp3) is 0.111. The van der Waals surface area contributed by atoms with Crippen LogP contribution in [-0.2, 0) is 14.3 Å². The zero-order chi connectivity index (χ0) is 20.7. The minimum Gasteiger partial charge on any atom is -0.449 e. The average molecular weight is 385 g/mol. The van der Waals surface area contributed by atoms with Crippen molar-refractivity contribution in [1.82, 2.24) is 0 Å². The summed E-state index contributed by atoms with van der Waals surface area (Å²) in [5, 5.41) is 24.1. The van der Waals surface area contributed by atoms with Crippen LogP contribution in [0.15, 0.2) is 54.6 Å². The van der Waals surface area contributed by atoms with Crippen LogP contribution >= 0.6 is 0 Å². The first-order chi connectivity index (χ1) is 13.3. The maximum Gasteiger partial charge on any atom is 0.331 e. The summed E-state index contributed by atoms with van der Waals surface area (Å²) in [7, 11) is 0. The molecular weight excluding hydrogens is 370 g/mol. The highest BCUT2D eigenvalue weighted by molar-refractivity contribution is 5.97. The lowest BCUT2D eigenvalue weighted by molar-refractivity contribution is -0.385. The largest absolute Gasteiger partial charge is 0.449 e. The smallest absolute Gasteiger partial charge is 0.331 e. The Morgan fingerprint density at radius 3 is 2.46 bits per heavy atom. The van der Waals surface area contributed by atoms with Crippen molar-refractivity contribution in [3.05, 3.63) is 80.4 Å². The summed E-state index contributed by atoms with van der Waals surface area (Å²) in [4.78, 5) is 44.4. The Bertz CT molecular complexity index is 956. The molecule has 10 heteroatoms. The van der Waals surface area contributed by atoms with E-state index in [1.165, 1.54) is 55.5 Å². The topological polar surface area (TPSA) is 142 Å². The number of nitrogens with zero attached hydrogens (tertiary/aromatic N) is 2. The van der Waals surface area contributed by atoms with E-state index in [2.05, 4.69) is 5.32 Å². The van der Waals surface area contributed by atoms with Crippen LogP contribution in [0.25, 0.3) is 6.08 Å². The highest BCUT2D eigenvalue weighted by Crippen LogP contribution is 2.19. The minimum absolute atomic E-state index is 0.178. The maximum atomic E-state index is 12.1. The molecule has 1 atom stereocenters. The molecule has 0 aliphatic heterocycles. The Hall–Kier alpha value is -4.08. The number of carbonyl (C=O) groups excluding carboxylic acids is 2. The number of benzene rings is 2. The number of nitro benzene ring substituents is 2. The molecule has 0 aliphatic rings. The van der Waals surface area contributed by atoms with Crippen LogP contribution in [0.4, 0.5) is 17.1 Å². The Morgan fingerprint density at radius 1 is 1.07 bits per heavy atom. The third-order valence-electron chi connectivity index (χ3n) is 3.52. The van der Waals surface area contributed by atoms with Crippen LogP contribution in [-0.4, -0.2) is 27.8 Å².